The van der Waals surface area contributed by atoms with Gasteiger partial charge in [0.15, 0.2) is 5.78 Å². The Kier molecular flexibility index (Phi) is 6.28. The third-order valence-electron chi connectivity index (χ3n) is 5.29. The average molecular weight is 360 g/mol. The van der Waals surface area contributed by atoms with Gasteiger partial charge in [0.05, 0.1) is 18.1 Å². The lowest BCUT2D eigenvalue weighted by Crippen LogP contribution is -2.07. The quantitative estimate of drug-likeness (QED) is 0.545. The highest BCUT2D eigenvalue weighted by atomic mass is 16.5. The number of allylic oxidation sites excluding steroid dienone is 2. The van der Waals surface area contributed by atoms with Crippen LogP contribution in [-0.2, 0) is 9.53 Å². The molecule has 2 aromatic carbocycles. The maximum atomic E-state index is 13.1. The highest BCUT2D eigenvalue weighted by Crippen LogP contribution is 2.35. The van der Waals surface area contributed by atoms with E-state index in [4.69, 9.17) is 4.74 Å². The average Bonchev–Trinajstić information content (AvgIpc) is 3.01. The molecule has 1 atom stereocenters. The molecule has 0 bridgehead atoms. The molecule has 140 valence electrons. The van der Waals surface area contributed by atoms with E-state index in [2.05, 4.69) is 38.1 Å². The molecular formula is C25H28O2. The summed E-state index contributed by atoms with van der Waals surface area (Å²) >= 11 is 0. The van der Waals surface area contributed by atoms with Gasteiger partial charge < -0.3 is 4.74 Å². The number of carbonyl (C=O) groups is 1. The number of ether oxygens (including phenoxy) is 1. The molecule has 0 aromatic heterocycles. The molecule has 1 aliphatic rings. The van der Waals surface area contributed by atoms with E-state index in [1.165, 1.54) is 5.56 Å². The molecule has 0 fully saturated rings. The van der Waals surface area contributed by atoms with E-state index < -0.39 is 0 Å². The molecule has 0 saturated heterocycles. The van der Waals surface area contributed by atoms with Gasteiger partial charge >= 0.3 is 0 Å². The number of Topliss-reactive ketones (excluding diaryl/α,β-unsaturated/α-hetero) is 1. The summed E-state index contributed by atoms with van der Waals surface area (Å²) in [5.41, 5.74) is 4.07. The Morgan fingerprint density at radius 1 is 0.963 bits per heavy atom. The number of carbonyl (C=O) groups excluding carboxylic acids is 1. The first-order chi connectivity index (χ1) is 13.2. The summed E-state index contributed by atoms with van der Waals surface area (Å²) in [6, 6.07) is 18.5. The predicted octanol–water partition coefficient (Wildman–Crippen LogP) is 6.26. The molecule has 0 spiro atoms. The number of benzene rings is 2. The van der Waals surface area contributed by atoms with E-state index in [1.54, 1.807) is 0 Å². The van der Waals surface area contributed by atoms with E-state index in [9.17, 15) is 4.79 Å². The Hall–Kier alpha value is -2.61. The van der Waals surface area contributed by atoms with Gasteiger partial charge in [0.25, 0.3) is 0 Å². The van der Waals surface area contributed by atoms with E-state index in [0.29, 0.717) is 23.9 Å². The SMILES string of the molecule is CCOC1=CC(c2ccccc2)C(=O)/C1=C\c1ccc(C(CC)CC)cc1. The van der Waals surface area contributed by atoms with Crippen LogP contribution in [-0.4, -0.2) is 12.4 Å². The topological polar surface area (TPSA) is 26.3 Å². The molecule has 0 amide bonds. The van der Waals surface area contributed by atoms with Gasteiger partial charge in [-0.05, 0) is 54.5 Å². The van der Waals surface area contributed by atoms with E-state index in [0.717, 1.165) is 24.0 Å². The number of ketones is 1. The zero-order valence-corrected chi connectivity index (χ0v) is 16.4. The first-order valence-electron chi connectivity index (χ1n) is 9.93. The maximum absolute atomic E-state index is 13.1. The minimum Gasteiger partial charge on any atom is -0.493 e. The summed E-state index contributed by atoms with van der Waals surface area (Å²) in [6.07, 6.45) is 6.20. The normalized spacial score (nSPS) is 18.2. The number of hydrogen-bond acceptors (Lipinski definition) is 2. The minimum atomic E-state index is -0.261. The molecule has 2 heteroatoms. The highest BCUT2D eigenvalue weighted by Gasteiger charge is 2.32. The van der Waals surface area contributed by atoms with Crippen molar-refractivity contribution in [2.75, 3.05) is 6.61 Å². The summed E-state index contributed by atoms with van der Waals surface area (Å²) in [5.74, 6) is 1.14. The van der Waals surface area contributed by atoms with Crippen LogP contribution in [0.4, 0.5) is 0 Å². The van der Waals surface area contributed by atoms with Gasteiger partial charge in [0.1, 0.15) is 5.76 Å². The Labute approximate surface area is 162 Å². The van der Waals surface area contributed by atoms with Crippen LogP contribution in [0.15, 0.2) is 72.0 Å². The van der Waals surface area contributed by atoms with Crippen molar-refractivity contribution in [3.8, 4) is 0 Å². The molecule has 3 rings (SSSR count). The van der Waals surface area contributed by atoms with Gasteiger partial charge in [-0.25, -0.2) is 0 Å². The summed E-state index contributed by atoms with van der Waals surface area (Å²) in [7, 11) is 0. The second-order valence-electron chi connectivity index (χ2n) is 6.95. The van der Waals surface area contributed by atoms with Gasteiger partial charge in [-0.1, -0.05) is 68.4 Å². The van der Waals surface area contributed by atoms with Crippen LogP contribution in [0, 0.1) is 0 Å². The Morgan fingerprint density at radius 3 is 2.22 bits per heavy atom. The lowest BCUT2D eigenvalue weighted by molar-refractivity contribution is -0.115. The molecule has 1 unspecified atom stereocenters. The van der Waals surface area contributed by atoms with Crippen LogP contribution in [0.25, 0.3) is 6.08 Å². The van der Waals surface area contributed by atoms with Crippen LogP contribution in [0.2, 0.25) is 0 Å². The zero-order valence-electron chi connectivity index (χ0n) is 16.4. The molecule has 2 nitrogen and oxygen atoms in total. The second kappa shape index (κ2) is 8.85. The van der Waals surface area contributed by atoms with Crippen molar-refractivity contribution in [1.82, 2.24) is 0 Å². The van der Waals surface area contributed by atoms with E-state index in [-0.39, 0.29) is 11.7 Å². The molecule has 0 heterocycles. The largest absolute Gasteiger partial charge is 0.493 e. The van der Waals surface area contributed by atoms with E-state index in [1.807, 2.05) is 49.4 Å². The molecule has 1 aliphatic carbocycles. The monoisotopic (exact) mass is 360 g/mol. The van der Waals surface area contributed by atoms with Crippen molar-refractivity contribution in [1.29, 1.82) is 0 Å². The smallest absolute Gasteiger partial charge is 0.177 e. The minimum absolute atomic E-state index is 0.105. The molecule has 27 heavy (non-hydrogen) atoms. The van der Waals surface area contributed by atoms with Crippen LogP contribution in [0.5, 0.6) is 0 Å². The molecule has 0 radical (unpaired) electrons. The van der Waals surface area contributed by atoms with Crippen molar-refractivity contribution in [2.24, 2.45) is 0 Å². The standard InChI is InChI=1S/C25H28O2/c1-4-19(5-2)20-14-12-18(13-15-20)16-23-24(27-6-3)17-22(25(23)26)21-10-8-7-9-11-21/h7-17,19,22H,4-6H2,1-3H3/b23-16-. The van der Waals surface area contributed by atoms with E-state index >= 15 is 0 Å². The van der Waals surface area contributed by atoms with Crippen molar-refractivity contribution >= 4 is 11.9 Å². The molecule has 0 N–H and O–H groups in total. The van der Waals surface area contributed by atoms with Gasteiger partial charge in [0.2, 0.25) is 0 Å². The number of hydrogen-bond donors (Lipinski definition) is 0. The fraction of sp³-hybridized carbons (Fsp3) is 0.320. The third kappa shape index (κ3) is 4.21. The first-order valence-corrected chi connectivity index (χ1v) is 9.93. The van der Waals surface area contributed by atoms with Gasteiger partial charge in [-0.15, -0.1) is 0 Å². The lowest BCUT2D eigenvalue weighted by atomic mass is 9.92. The fourth-order valence-electron chi connectivity index (χ4n) is 3.73. The molecule has 0 aliphatic heterocycles. The lowest BCUT2D eigenvalue weighted by Gasteiger charge is -2.13. The van der Waals surface area contributed by atoms with Crippen LogP contribution in [0.1, 0.15) is 62.1 Å². The Balaban J connectivity index is 1.90. The zero-order chi connectivity index (χ0) is 19.2. The van der Waals surface area contributed by atoms with Gasteiger partial charge in [-0.2, -0.15) is 0 Å². The summed E-state index contributed by atoms with van der Waals surface area (Å²) in [6.45, 7) is 6.95. The Bertz CT molecular complexity index is 824. The maximum Gasteiger partial charge on any atom is 0.177 e. The summed E-state index contributed by atoms with van der Waals surface area (Å²) in [5, 5.41) is 0. The number of rotatable bonds is 7. The van der Waals surface area contributed by atoms with Crippen molar-refractivity contribution in [3.05, 3.63) is 88.7 Å². The summed E-state index contributed by atoms with van der Waals surface area (Å²) in [4.78, 5) is 13.1. The van der Waals surface area contributed by atoms with Crippen molar-refractivity contribution < 1.29 is 9.53 Å². The molecule has 2 aromatic rings. The predicted molar refractivity (Wildman–Crippen MR) is 112 cm³/mol. The third-order valence-corrected chi connectivity index (χ3v) is 5.29. The molecular weight excluding hydrogens is 332 g/mol. The first kappa shape index (κ1) is 19.2. The van der Waals surface area contributed by atoms with Gasteiger partial charge in [0, 0.05) is 0 Å². The van der Waals surface area contributed by atoms with Crippen molar-refractivity contribution in [2.45, 2.75) is 45.4 Å². The molecule has 0 saturated carbocycles. The summed E-state index contributed by atoms with van der Waals surface area (Å²) < 4.78 is 5.78. The highest BCUT2D eigenvalue weighted by molar-refractivity contribution is 6.11. The fourth-order valence-corrected chi connectivity index (χ4v) is 3.73. The van der Waals surface area contributed by atoms with Gasteiger partial charge in [-0.3, -0.25) is 4.79 Å². The van der Waals surface area contributed by atoms with Crippen molar-refractivity contribution in [3.63, 3.8) is 0 Å². The Morgan fingerprint density at radius 2 is 1.63 bits per heavy atom. The van der Waals surface area contributed by atoms with Crippen LogP contribution < -0.4 is 0 Å². The van der Waals surface area contributed by atoms with Crippen LogP contribution >= 0.6 is 0 Å². The van der Waals surface area contributed by atoms with Crippen LogP contribution in [0.3, 0.4) is 0 Å². The second-order valence-corrected chi connectivity index (χ2v) is 6.95.